The predicted molar refractivity (Wildman–Crippen MR) is 118 cm³/mol. The maximum atomic E-state index is 12.6. The summed E-state index contributed by atoms with van der Waals surface area (Å²) in [6.45, 7) is 3.88. The molecule has 8 heteroatoms. The minimum atomic E-state index is -0.128. The molecule has 0 saturated heterocycles. The standard InChI is InChI=1S/C23H24N6O2/c1-13(2)31-16-3-4-20(24)19(8-16)22(25)14-5-6-28-21(7-14)29-23(30)18-9-17(18)15-10-26-12-27-11-15/h3-8,10-13,17-18,25H,9,24H2,1-2H3,(H,28,29,30). The lowest BCUT2D eigenvalue weighted by atomic mass is 10.0. The molecule has 0 spiro atoms. The third-order valence-electron chi connectivity index (χ3n) is 5.10. The van der Waals surface area contributed by atoms with Crippen LogP contribution in [-0.4, -0.2) is 32.7 Å². The van der Waals surface area contributed by atoms with E-state index >= 15 is 0 Å². The number of nitrogen functional groups attached to an aromatic ring is 1. The van der Waals surface area contributed by atoms with Crippen LogP contribution >= 0.6 is 0 Å². The van der Waals surface area contributed by atoms with E-state index in [1.807, 2.05) is 13.8 Å². The Morgan fingerprint density at radius 3 is 2.74 bits per heavy atom. The second kappa shape index (κ2) is 8.51. The number of anilines is 2. The van der Waals surface area contributed by atoms with Gasteiger partial charge in [0.2, 0.25) is 5.91 Å². The molecule has 1 fully saturated rings. The van der Waals surface area contributed by atoms with Crippen LogP contribution in [-0.2, 0) is 4.79 Å². The normalized spacial score (nSPS) is 17.3. The monoisotopic (exact) mass is 416 g/mol. The Kier molecular flexibility index (Phi) is 5.62. The number of nitrogens with one attached hydrogen (secondary N) is 2. The van der Waals surface area contributed by atoms with Crippen molar-refractivity contribution in [3.05, 3.63) is 71.9 Å². The van der Waals surface area contributed by atoms with Gasteiger partial charge in [-0.15, -0.1) is 0 Å². The van der Waals surface area contributed by atoms with E-state index in [4.69, 9.17) is 15.9 Å². The molecule has 1 aromatic carbocycles. The average molecular weight is 416 g/mol. The van der Waals surface area contributed by atoms with E-state index in [2.05, 4.69) is 20.3 Å². The van der Waals surface area contributed by atoms with E-state index in [1.165, 1.54) is 6.33 Å². The number of nitrogens with two attached hydrogens (primary N) is 1. The first-order chi connectivity index (χ1) is 14.9. The van der Waals surface area contributed by atoms with Gasteiger partial charge in [0.1, 0.15) is 17.9 Å². The highest BCUT2D eigenvalue weighted by molar-refractivity contribution is 6.14. The van der Waals surface area contributed by atoms with Gasteiger partial charge >= 0.3 is 0 Å². The van der Waals surface area contributed by atoms with Crippen molar-refractivity contribution in [1.82, 2.24) is 15.0 Å². The third kappa shape index (κ3) is 4.69. The van der Waals surface area contributed by atoms with Gasteiger partial charge in [-0.25, -0.2) is 15.0 Å². The van der Waals surface area contributed by atoms with Crippen molar-refractivity contribution in [3.63, 3.8) is 0 Å². The van der Waals surface area contributed by atoms with Gasteiger partial charge in [-0.05, 0) is 62.1 Å². The molecule has 1 amide bonds. The van der Waals surface area contributed by atoms with Crippen LogP contribution in [0.15, 0.2) is 55.2 Å². The second-order valence-corrected chi connectivity index (χ2v) is 7.83. The number of rotatable bonds is 7. The summed E-state index contributed by atoms with van der Waals surface area (Å²) < 4.78 is 5.72. The van der Waals surface area contributed by atoms with Gasteiger partial charge in [0.25, 0.3) is 0 Å². The summed E-state index contributed by atoms with van der Waals surface area (Å²) in [5, 5.41) is 11.5. The van der Waals surface area contributed by atoms with E-state index in [0.717, 1.165) is 12.0 Å². The molecule has 0 radical (unpaired) electrons. The number of nitrogens with zero attached hydrogens (tertiary/aromatic N) is 3. The van der Waals surface area contributed by atoms with Crippen LogP contribution in [0.1, 0.15) is 42.9 Å². The maximum Gasteiger partial charge on any atom is 0.229 e. The van der Waals surface area contributed by atoms with Gasteiger partial charge < -0.3 is 15.8 Å². The van der Waals surface area contributed by atoms with Crippen molar-refractivity contribution in [2.45, 2.75) is 32.3 Å². The summed E-state index contributed by atoms with van der Waals surface area (Å²) in [6.07, 6.45) is 7.30. The van der Waals surface area contributed by atoms with Crippen LogP contribution in [0.4, 0.5) is 11.5 Å². The number of hydrogen-bond donors (Lipinski definition) is 3. The number of ether oxygens (including phenoxy) is 1. The molecule has 158 valence electrons. The fourth-order valence-electron chi connectivity index (χ4n) is 3.48. The quantitative estimate of drug-likeness (QED) is 0.400. The second-order valence-electron chi connectivity index (χ2n) is 7.83. The summed E-state index contributed by atoms with van der Waals surface area (Å²) >= 11 is 0. The molecule has 31 heavy (non-hydrogen) atoms. The van der Waals surface area contributed by atoms with E-state index in [-0.39, 0.29) is 29.6 Å². The Labute approximate surface area is 180 Å². The van der Waals surface area contributed by atoms with E-state index in [0.29, 0.717) is 28.4 Å². The zero-order chi connectivity index (χ0) is 22.0. The highest BCUT2D eigenvalue weighted by atomic mass is 16.5. The summed E-state index contributed by atoms with van der Waals surface area (Å²) in [4.78, 5) is 24.9. The molecule has 4 rings (SSSR count). The summed E-state index contributed by atoms with van der Waals surface area (Å²) in [7, 11) is 0. The van der Waals surface area contributed by atoms with Gasteiger partial charge in [-0.1, -0.05) is 0 Å². The number of hydrogen-bond acceptors (Lipinski definition) is 7. The van der Waals surface area contributed by atoms with Gasteiger partial charge in [0.15, 0.2) is 0 Å². The van der Waals surface area contributed by atoms with Crippen molar-refractivity contribution in [2.75, 3.05) is 11.1 Å². The minimum Gasteiger partial charge on any atom is -0.491 e. The fourth-order valence-corrected chi connectivity index (χ4v) is 3.48. The molecule has 3 aromatic rings. The number of carbonyl (C=O) groups is 1. The Morgan fingerprint density at radius 1 is 1.23 bits per heavy atom. The first-order valence-electron chi connectivity index (χ1n) is 10.1. The summed E-state index contributed by atoms with van der Waals surface area (Å²) in [5.41, 5.74) is 8.94. The Hall–Kier alpha value is -3.81. The van der Waals surface area contributed by atoms with Crippen LogP contribution in [0.5, 0.6) is 5.75 Å². The van der Waals surface area contributed by atoms with Gasteiger partial charge in [-0.2, -0.15) is 0 Å². The molecule has 0 bridgehead atoms. The lowest BCUT2D eigenvalue weighted by Gasteiger charge is -2.14. The summed E-state index contributed by atoms with van der Waals surface area (Å²) in [6, 6.07) is 8.67. The molecule has 1 aliphatic carbocycles. The van der Waals surface area contributed by atoms with E-state index < -0.39 is 0 Å². The lowest BCUT2D eigenvalue weighted by molar-refractivity contribution is -0.117. The molecule has 2 atom stereocenters. The van der Waals surface area contributed by atoms with Crippen LogP contribution < -0.4 is 15.8 Å². The molecule has 0 aliphatic heterocycles. The van der Waals surface area contributed by atoms with E-state index in [9.17, 15) is 4.79 Å². The van der Waals surface area contributed by atoms with E-state index in [1.54, 1.807) is 48.9 Å². The topological polar surface area (TPSA) is 127 Å². The molecule has 2 heterocycles. The number of amides is 1. The Morgan fingerprint density at radius 2 is 2.00 bits per heavy atom. The molecule has 2 aromatic heterocycles. The molecule has 1 aliphatic rings. The first kappa shape index (κ1) is 20.5. The minimum absolute atomic E-state index is 0.0158. The SMILES string of the molecule is CC(C)Oc1ccc(N)c(C(=N)c2ccnc(NC(=O)C3CC3c3cncnc3)c2)c1. The fraction of sp³-hybridized carbons (Fsp3) is 0.261. The summed E-state index contributed by atoms with van der Waals surface area (Å²) in [5.74, 6) is 0.950. The highest BCUT2D eigenvalue weighted by Crippen LogP contribution is 2.47. The van der Waals surface area contributed by atoms with Gasteiger partial charge in [-0.3, -0.25) is 10.2 Å². The van der Waals surface area contributed by atoms with Crippen molar-refractivity contribution in [2.24, 2.45) is 5.92 Å². The van der Waals surface area contributed by atoms with Crippen LogP contribution in [0.2, 0.25) is 0 Å². The zero-order valence-corrected chi connectivity index (χ0v) is 17.4. The van der Waals surface area contributed by atoms with Gasteiger partial charge in [0.05, 0.1) is 11.8 Å². The van der Waals surface area contributed by atoms with Crippen molar-refractivity contribution < 1.29 is 9.53 Å². The molecule has 8 nitrogen and oxygen atoms in total. The number of benzene rings is 1. The molecule has 2 unspecified atom stereocenters. The largest absolute Gasteiger partial charge is 0.491 e. The zero-order valence-electron chi connectivity index (χ0n) is 17.4. The molecule has 1 saturated carbocycles. The van der Waals surface area contributed by atoms with Crippen molar-refractivity contribution in [3.8, 4) is 5.75 Å². The van der Waals surface area contributed by atoms with Crippen LogP contribution in [0.3, 0.4) is 0 Å². The Balaban J connectivity index is 1.47. The van der Waals surface area contributed by atoms with Gasteiger partial charge in [0, 0.05) is 41.3 Å². The Bertz CT molecular complexity index is 1120. The maximum absolute atomic E-state index is 12.6. The first-order valence-corrected chi connectivity index (χ1v) is 10.1. The molecular weight excluding hydrogens is 392 g/mol. The number of aromatic nitrogens is 3. The number of pyridine rings is 1. The lowest BCUT2D eigenvalue weighted by Crippen LogP contribution is -2.16. The molecular formula is C23H24N6O2. The highest BCUT2D eigenvalue weighted by Gasteiger charge is 2.44. The van der Waals surface area contributed by atoms with Crippen molar-refractivity contribution >= 4 is 23.1 Å². The average Bonchev–Trinajstić information content (AvgIpc) is 3.56. The smallest absolute Gasteiger partial charge is 0.229 e. The predicted octanol–water partition coefficient (Wildman–Crippen LogP) is 3.40. The van der Waals surface area contributed by atoms with Crippen LogP contribution in [0.25, 0.3) is 0 Å². The number of carbonyl (C=O) groups excluding carboxylic acids is 1. The third-order valence-corrected chi connectivity index (χ3v) is 5.10. The molecule has 4 N–H and O–H groups in total. The van der Waals surface area contributed by atoms with Crippen LogP contribution in [0, 0.1) is 11.3 Å². The van der Waals surface area contributed by atoms with Crippen molar-refractivity contribution in [1.29, 1.82) is 5.41 Å².